The number of nitrogens with zero attached hydrogens (tertiary/aromatic N) is 3. The fraction of sp³-hybridized carbons (Fsp3) is 0.417. The number of halogens is 2. The fourth-order valence-corrected chi connectivity index (χ4v) is 3.12. The predicted octanol–water partition coefficient (Wildman–Crippen LogP) is 2.64. The summed E-state index contributed by atoms with van der Waals surface area (Å²) in [6.45, 7) is 2.66. The molecule has 0 unspecified atom stereocenters. The highest BCUT2D eigenvalue weighted by Gasteiger charge is 2.39. The van der Waals surface area contributed by atoms with E-state index in [0.717, 1.165) is 5.69 Å². The average molecular weight is 376 g/mol. The van der Waals surface area contributed by atoms with E-state index in [9.17, 15) is 0 Å². The largest absolute Gasteiger partial charge is 0.377 e. The molecule has 1 aliphatic rings. The number of hydrogen-bond donors (Lipinski definition) is 1. The first-order chi connectivity index (χ1) is 8.34. The second kappa shape index (κ2) is 4.74. The minimum Gasteiger partial charge on any atom is -0.377 e. The highest BCUT2D eigenvalue weighted by atomic mass is 79.9. The van der Waals surface area contributed by atoms with Gasteiger partial charge in [0, 0.05) is 19.8 Å². The van der Waals surface area contributed by atoms with E-state index in [0.29, 0.717) is 12.5 Å². The monoisotopic (exact) mass is 374 g/mol. The van der Waals surface area contributed by atoms with E-state index in [1.807, 2.05) is 31.1 Å². The maximum absolute atomic E-state index is 5.98. The first-order valence-electron chi connectivity index (χ1n) is 5.59. The Balaban J connectivity index is 2.52. The molecule has 98 valence electrons. The normalized spacial score (nSPS) is 17.8. The van der Waals surface area contributed by atoms with Gasteiger partial charge in [0.15, 0.2) is 9.32 Å². The van der Waals surface area contributed by atoms with Crippen molar-refractivity contribution in [2.75, 3.05) is 30.4 Å². The third-order valence-corrected chi connectivity index (χ3v) is 4.20. The van der Waals surface area contributed by atoms with E-state index in [2.05, 4.69) is 54.7 Å². The molecular weight excluding hydrogens is 360 g/mol. The first kappa shape index (κ1) is 13.7. The summed E-state index contributed by atoms with van der Waals surface area (Å²) in [4.78, 5) is 8.33. The zero-order chi connectivity index (χ0) is 13.5. The van der Waals surface area contributed by atoms with Crippen molar-refractivity contribution in [2.45, 2.75) is 10.3 Å². The van der Waals surface area contributed by atoms with Crippen LogP contribution in [0.2, 0.25) is 0 Å². The molecule has 0 aliphatic carbocycles. The van der Waals surface area contributed by atoms with Crippen molar-refractivity contribution in [1.82, 2.24) is 0 Å². The summed E-state index contributed by atoms with van der Waals surface area (Å²) in [6, 6.07) is 6.17. The molecular formula is C12H16Br2N4. The molecule has 0 amide bonds. The van der Waals surface area contributed by atoms with Crippen molar-refractivity contribution >= 4 is 49.2 Å². The zero-order valence-electron chi connectivity index (χ0n) is 10.6. The van der Waals surface area contributed by atoms with E-state index in [4.69, 9.17) is 5.73 Å². The van der Waals surface area contributed by atoms with Gasteiger partial charge in [-0.15, -0.1) is 0 Å². The number of aliphatic imine (C=N–C) groups is 1. The first-order valence-corrected chi connectivity index (χ1v) is 7.18. The summed E-state index contributed by atoms with van der Waals surface area (Å²) in [5, 5.41) is 0. The Hall–Kier alpha value is -0.750. The molecule has 1 aromatic rings. The predicted molar refractivity (Wildman–Crippen MR) is 85.1 cm³/mol. The van der Waals surface area contributed by atoms with Gasteiger partial charge < -0.3 is 10.6 Å². The average Bonchev–Trinajstić information content (AvgIpc) is 2.54. The molecule has 0 bridgehead atoms. The van der Waals surface area contributed by atoms with Gasteiger partial charge >= 0.3 is 0 Å². The zero-order valence-corrected chi connectivity index (χ0v) is 13.8. The van der Waals surface area contributed by atoms with Gasteiger partial charge in [0.1, 0.15) is 0 Å². The minimum atomic E-state index is -0.431. The van der Waals surface area contributed by atoms with Gasteiger partial charge in [0.05, 0.1) is 12.2 Å². The van der Waals surface area contributed by atoms with Crippen molar-refractivity contribution in [3.63, 3.8) is 0 Å². The second-order valence-corrected chi connectivity index (χ2v) is 8.18. The Bertz CT molecular complexity index is 497. The molecule has 2 N–H and O–H groups in total. The summed E-state index contributed by atoms with van der Waals surface area (Å²) >= 11 is 7.23. The summed E-state index contributed by atoms with van der Waals surface area (Å²) in [7, 11) is 4.06. The van der Waals surface area contributed by atoms with Crippen LogP contribution >= 0.6 is 31.9 Å². The second-order valence-electron chi connectivity index (χ2n) is 4.49. The van der Waals surface area contributed by atoms with E-state index in [1.165, 1.54) is 11.3 Å². The number of guanidine groups is 1. The SMILES string of the molecule is Cc1c(N(C)C)cccc1N1C(N)=NCC1(Br)Br. The van der Waals surface area contributed by atoms with Gasteiger partial charge in [-0.1, -0.05) is 6.07 Å². The summed E-state index contributed by atoms with van der Waals surface area (Å²) < 4.78 is -0.431. The van der Waals surface area contributed by atoms with Crippen LogP contribution in [-0.4, -0.2) is 30.0 Å². The number of rotatable bonds is 2. The van der Waals surface area contributed by atoms with Crippen LogP contribution in [0.5, 0.6) is 0 Å². The van der Waals surface area contributed by atoms with Gasteiger partial charge in [0.2, 0.25) is 0 Å². The maximum atomic E-state index is 5.98. The Labute approximate surface area is 124 Å². The van der Waals surface area contributed by atoms with Crippen LogP contribution in [-0.2, 0) is 0 Å². The molecule has 0 aromatic heterocycles. The maximum Gasteiger partial charge on any atom is 0.197 e. The van der Waals surface area contributed by atoms with Crippen LogP contribution in [0.25, 0.3) is 0 Å². The number of alkyl halides is 2. The molecule has 1 aromatic carbocycles. The summed E-state index contributed by atoms with van der Waals surface area (Å²) in [6.07, 6.45) is 0. The Morgan fingerprint density at radius 2 is 2.06 bits per heavy atom. The van der Waals surface area contributed by atoms with E-state index < -0.39 is 3.36 Å². The fourth-order valence-electron chi connectivity index (χ4n) is 2.12. The topological polar surface area (TPSA) is 44.9 Å². The molecule has 0 atom stereocenters. The summed E-state index contributed by atoms with van der Waals surface area (Å²) in [5.74, 6) is 0.516. The van der Waals surface area contributed by atoms with Gasteiger partial charge in [-0.05, 0) is 56.5 Å². The van der Waals surface area contributed by atoms with Gasteiger partial charge in [0.25, 0.3) is 0 Å². The van der Waals surface area contributed by atoms with Crippen LogP contribution in [0.1, 0.15) is 5.56 Å². The highest BCUT2D eigenvalue weighted by Crippen LogP contribution is 2.41. The van der Waals surface area contributed by atoms with Crippen molar-refractivity contribution < 1.29 is 0 Å². The third kappa shape index (κ3) is 2.23. The molecule has 6 heteroatoms. The van der Waals surface area contributed by atoms with Crippen LogP contribution in [0.4, 0.5) is 11.4 Å². The third-order valence-electron chi connectivity index (χ3n) is 2.99. The van der Waals surface area contributed by atoms with E-state index >= 15 is 0 Å². The minimum absolute atomic E-state index is 0.431. The van der Waals surface area contributed by atoms with Gasteiger partial charge in [-0.3, -0.25) is 4.90 Å². The van der Waals surface area contributed by atoms with Gasteiger partial charge in [-0.25, -0.2) is 4.99 Å². The van der Waals surface area contributed by atoms with Crippen LogP contribution in [0.3, 0.4) is 0 Å². The van der Waals surface area contributed by atoms with E-state index in [-0.39, 0.29) is 0 Å². The summed E-state index contributed by atoms with van der Waals surface area (Å²) in [5.41, 5.74) is 9.38. The van der Waals surface area contributed by atoms with Crippen molar-refractivity contribution in [3.8, 4) is 0 Å². The number of benzene rings is 1. The molecule has 0 spiro atoms. The lowest BCUT2D eigenvalue weighted by Gasteiger charge is -2.31. The van der Waals surface area contributed by atoms with Crippen molar-refractivity contribution in [3.05, 3.63) is 23.8 Å². The van der Waals surface area contributed by atoms with Crippen molar-refractivity contribution in [2.24, 2.45) is 10.7 Å². The molecule has 18 heavy (non-hydrogen) atoms. The molecule has 0 saturated carbocycles. The van der Waals surface area contributed by atoms with Crippen LogP contribution < -0.4 is 15.5 Å². The molecule has 1 heterocycles. The quantitative estimate of drug-likeness (QED) is 0.638. The Morgan fingerprint density at radius 3 is 2.56 bits per heavy atom. The Morgan fingerprint density at radius 1 is 1.39 bits per heavy atom. The highest BCUT2D eigenvalue weighted by molar-refractivity contribution is 9.25. The Kier molecular flexibility index (Phi) is 3.60. The lowest BCUT2D eigenvalue weighted by molar-refractivity contribution is 0.919. The lowest BCUT2D eigenvalue weighted by Crippen LogP contribution is -2.44. The van der Waals surface area contributed by atoms with Gasteiger partial charge in [-0.2, -0.15) is 0 Å². The van der Waals surface area contributed by atoms with Crippen LogP contribution in [0.15, 0.2) is 23.2 Å². The number of anilines is 2. The molecule has 0 saturated heterocycles. The molecule has 1 aliphatic heterocycles. The van der Waals surface area contributed by atoms with E-state index in [1.54, 1.807) is 0 Å². The standard InChI is InChI=1S/C12H16Br2N4/c1-8-9(17(2)3)5-4-6-10(8)18-11(15)16-7-12(18,13)14/h4-6H,7H2,1-3H3,(H2,15,16). The number of hydrogen-bond acceptors (Lipinski definition) is 4. The van der Waals surface area contributed by atoms with Crippen molar-refractivity contribution in [1.29, 1.82) is 0 Å². The number of nitrogens with two attached hydrogens (primary N) is 1. The smallest absolute Gasteiger partial charge is 0.197 e. The molecule has 2 rings (SSSR count). The lowest BCUT2D eigenvalue weighted by atomic mass is 10.1. The molecule has 0 radical (unpaired) electrons. The molecule has 0 fully saturated rings. The van der Waals surface area contributed by atoms with Crippen LogP contribution in [0, 0.1) is 6.92 Å². The molecule has 4 nitrogen and oxygen atoms in total.